The van der Waals surface area contributed by atoms with Crippen molar-refractivity contribution in [3.05, 3.63) is 93.0 Å². The van der Waals surface area contributed by atoms with Crippen LogP contribution in [0.2, 0.25) is 10.0 Å². The number of nitrogens with zero attached hydrogens (tertiary/aromatic N) is 2. The van der Waals surface area contributed by atoms with Crippen LogP contribution < -0.4 is 0 Å². The number of halogens is 2. The molecule has 0 aliphatic heterocycles. The molecule has 166 valence electrons. The molecule has 0 bridgehead atoms. The Morgan fingerprint density at radius 3 is 1.88 bits per heavy atom. The molecule has 1 aliphatic carbocycles. The second kappa shape index (κ2) is 9.17. The van der Waals surface area contributed by atoms with E-state index in [0.29, 0.717) is 21.4 Å². The number of Topliss-reactive ketones (excluding diaryl/α,β-unsaturated/α-hetero) is 1. The maximum Gasteiger partial charge on any atom is 0.186 e. The van der Waals surface area contributed by atoms with Gasteiger partial charge in [-0.3, -0.25) is 4.79 Å². The largest absolute Gasteiger partial charge is 0.289 e. The highest BCUT2D eigenvalue weighted by Crippen LogP contribution is 2.41. The summed E-state index contributed by atoms with van der Waals surface area (Å²) in [6, 6.07) is 14.9. The van der Waals surface area contributed by atoms with E-state index in [0.717, 1.165) is 22.3 Å². The smallest absolute Gasteiger partial charge is 0.186 e. The first-order valence-electron chi connectivity index (χ1n) is 10.5. The van der Waals surface area contributed by atoms with Crippen molar-refractivity contribution in [2.24, 2.45) is 21.1 Å². The third kappa shape index (κ3) is 5.46. The van der Waals surface area contributed by atoms with Crippen LogP contribution in [0.3, 0.4) is 0 Å². The Hall–Kier alpha value is -2.49. The minimum absolute atomic E-state index is 0.0823. The molecule has 2 aromatic carbocycles. The quantitative estimate of drug-likeness (QED) is 0.415. The van der Waals surface area contributed by atoms with Gasteiger partial charge in [-0.15, -0.1) is 10.2 Å². The molecule has 0 radical (unpaired) electrons. The van der Waals surface area contributed by atoms with Crippen LogP contribution in [0.4, 0.5) is 5.69 Å². The summed E-state index contributed by atoms with van der Waals surface area (Å²) < 4.78 is 0. The predicted molar refractivity (Wildman–Crippen MR) is 134 cm³/mol. The van der Waals surface area contributed by atoms with Gasteiger partial charge in [0.1, 0.15) is 11.4 Å². The lowest BCUT2D eigenvalue weighted by Gasteiger charge is -2.31. The van der Waals surface area contributed by atoms with E-state index in [1.807, 2.05) is 42.5 Å². The zero-order valence-electron chi connectivity index (χ0n) is 19.3. The van der Waals surface area contributed by atoms with E-state index in [-0.39, 0.29) is 16.6 Å². The maximum atomic E-state index is 13.3. The van der Waals surface area contributed by atoms with E-state index in [1.54, 1.807) is 18.2 Å². The number of ketones is 1. The van der Waals surface area contributed by atoms with E-state index < -0.39 is 0 Å². The topological polar surface area (TPSA) is 41.8 Å². The van der Waals surface area contributed by atoms with Crippen molar-refractivity contribution in [3.8, 4) is 0 Å². The van der Waals surface area contributed by atoms with Gasteiger partial charge in [0.05, 0.1) is 5.02 Å². The summed E-state index contributed by atoms with van der Waals surface area (Å²) in [7, 11) is 0. The summed E-state index contributed by atoms with van der Waals surface area (Å²) in [5.41, 5.74) is 3.84. The van der Waals surface area contributed by atoms with E-state index in [1.165, 1.54) is 0 Å². The van der Waals surface area contributed by atoms with Crippen LogP contribution in [0.25, 0.3) is 5.70 Å². The fraction of sp³-hybridized carbons (Fsp3) is 0.296. The minimum Gasteiger partial charge on any atom is -0.289 e. The lowest BCUT2D eigenvalue weighted by atomic mass is 9.71. The molecule has 3 nitrogen and oxygen atoms in total. The van der Waals surface area contributed by atoms with Crippen LogP contribution in [0.15, 0.2) is 87.6 Å². The van der Waals surface area contributed by atoms with Crippen LogP contribution in [0.5, 0.6) is 0 Å². The van der Waals surface area contributed by atoms with Crippen LogP contribution in [0.1, 0.15) is 47.1 Å². The molecule has 1 aliphatic rings. The highest BCUT2D eigenvalue weighted by atomic mass is 35.5. The van der Waals surface area contributed by atoms with E-state index >= 15 is 0 Å². The van der Waals surface area contributed by atoms with Crippen LogP contribution in [0, 0.1) is 10.8 Å². The second-order valence-corrected chi connectivity index (χ2v) is 10.8. The van der Waals surface area contributed by atoms with E-state index in [9.17, 15) is 4.79 Å². The normalized spacial score (nSPS) is 15.1. The Labute approximate surface area is 200 Å². The SMILES string of the molecule is CC(C)(C)C1=CC(=C(N=Nc2ccc(Cl)cc2Cl)c2ccccc2)C=C(C(C)(C)C)C1=O. The van der Waals surface area contributed by atoms with Crippen molar-refractivity contribution in [2.75, 3.05) is 0 Å². The maximum absolute atomic E-state index is 13.3. The molecule has 0 saturated heterocycles. The monoisotopic (exact) mass is 466 g/mol. The van der Waals surface area contributed by atoms with Gasteiger partial charge in [0, 0.05) is 27.3 Å². The zero-order valence-corrected chi connectivity index (χ0v) is 20.8. The van der Waals surface area contributed by atoms with Gasteiger partial charge in [0.25, 0.3) is 0 Å². The molecule has 0 spiro atoms. The van der Waals surface area contributed by atoms with Gasteiger partial charge < -0.3 is 0 Å². The number of benzene rings is 2. The van der Waals surface area contributed by atoms with Crippen LogP contribution in [-0.2, 0) is 4.79 Å². The van der Waals surface area contributed by atoms with Crippen LogP contribution in [-0.4, -0.2) is 5.78 Å². The zero-order chi connectivity index (χ0) is 23.7. The van der Waals surface area contributed by atoms with Gasteiger partial charge in [-0.25, -0.2) is 0 Å². The van der Waals surface area contributed by atoms with Gasteiger partial charge in [-0.05, 0) is 41.2 Å². The third-order valence-electron chi connectivity index (χ3n) is 5.19. The Morgan fingerprint density at radius 2 is 1.38 bits per heavy atom. The van der Waals surface area contributed by atoms with Crippen molar-refractivity contribution in [1.82, 2.24) is 0 Å². The predicted octanol–water partition coefficient (Wildman–Crippen LogP) is 9.02. The molecule has 0 heterocycles. The first-order chi connectivity index (χ1) is 14.9. The summed E-state index contributed by atoms with van der Waals surface area (Å²) in [4.78, 5) is 13.3. The summed E-state index contributed by atoms with van der Waals surface area (Å²) in [5, 5.41) is 10.0. The van der Waals surface area contributed by atoms with Gasteiger partial charge in [-0.1, -0.05) is 95.1 Å². The lowest BCUT2D eigenvalue weighted by molar-refractivity contribution is -0.114. The second-order valence-electron chi connectivity index (χ2n) is 9.91. The number of carbonyl (C=O) groups excluding carboxylic acids is 1. The minimum atomic E-state index is -0.314. The van der Waals surface area contributed by atoms with E-state index in [4.69, 9.17) is 23.2 Å². The Bertz CT molecular complexity index is 1120. The molecule has 0 unspecified atom stereocenters. The van der Waals surface area contributed by atoms with Crippen molar-refractivity contribution >= 4 is 40.4 Å². The molecule has 0 aromatic heterocycles. The summed E-state index contributed by atoms with van der Waals surface area (Å²) in [5.74, 6) is 0.0823. The lowest BCUT2D eigenvalue weighted by Crippen LogP contribution is -2.28. The van der Waals surface area contributed by atoms with Crippen molar-refractivity contribution in [1.29, 1.82) is 0 Å². The highest BCUT2D eigenvalue weighted by molar-refractivity contribution is 6.36. The summed E-state index contributed by atoms with van der Waals surface area (Å²) in [6.07, 6.45) is 3.89. The van der Waals surface area contributed by atoms with Crippen LogP contribution >= 0.6 is 23.2 Å². The molecular formula is C27H28Cl2N2O. The molecule has 0 amide bonds. The molecular weight excluding hydrogens is 439 g/mol. The first kappa shape index (κ1) is 24.2. The number of azo groups is 1. The van der Waals surface area contributed by atoms with E-state index in [2.05, 4.69) is 51.8 Å². The Morgan fingerprint density at radius 1 is 0.812 bits per heavy atom. The van der Waals surface area contributed by atoms with Gasteiger partial charge in [-0.2, -0.15) is 0 Å². The first-order valence-corrected chi connectivity index (χ1v) is 11.3. The molecule has 5 heteroatoms. The molecule has 0 N–H and O–H groups in total. The van der Waals surface area contributed by atoms with Gasteiger partial charge >= 0.3 is 0 Å². The molecule has 0 atom stereocenters. The molecule has 0 saturated carbocycles. The highest BCUT2D eigenvalue weighted by Gasteiger charge is 2.34. The average molecular weight is 467 g/mol. The van der Waals surface area contributed by atoms with Gasteiger partial charge in [0.15, 0.2) is 5.78 Å². The fourth-order valence-electron chi connectivity index (χ4n) is 3.42. The number of allylic oxidation sites excluding steroid dienone is 5. The standard InChI is InChI=1S/C27H28Cl2N2O/c1-26(2,3)20-14-18(15-21(25(20)32)27(4,5)6)24(17-10-8-7-9-11-17)31-30-23-13-12-19(28)16-22(23)29/h7-16H,1-6H3. The summed E-state index contributed by atoms with van der Waals surface area (Å²) >= 11 is 12.3. The number of hydrogen-bond donors (Lipinski definition) is 0. The molecule has 32 heavy (non-hydrogen) atoms. The molecule has 3 rings (SSSR count). The Balaban J connectivity index is 2.28. The number of rotatable bonds is 3. The number of hydrogen-bond acceptors (Lipinski definition) is 3. The average Bonchev–Trinajstić information content (AvgIpc) is 2.69. The van der Waals surface area contributed by atoms with Crippen molar-refractivity contribution in [3.63, 3.8) is 0 Å². The van der Waals surface area contributed by atoms with Gasteiger partial charge in [0.2, 0.25) is 0 Å². The molecule has 0 fully saturated rings. The van der Waals surface area contributed by atoms with Crippen molar-refractivity contribution < 1.29 is 4.79 Å². The number of carbonyl (C=O) groups is 1. The summed E-state index contributed by atoms with van der Waals surface area (Å²) in [6.45, 7) is 12.3. The third-order valence-corrected chi connectivity index (χ3v) is 5.73. The Kier molecular flexibility index (Phi) is 6.92. The van der Waals surface area contributed by atoms with Crippen molar-refractivity contribution in [2.45, 2.75) is 41.5 Å². The fourth-order valence-corrected chi connectivity index (χ4v) is 3.87. The molecule has 2 aromatic rings.